The van der Waals surface area contributed by atoms with Crippen LogP contribution in [-0.4, -0.2) is 52.6 Å². The van der Waals surface area contributed by atoms with Gasteiger partial charge < -0.3 is 14.8 Å². The Bertz CT molecular complexity index is 1390. The number of benzene rings is 1. The van der Waals surface area contributed by atoms with Crippen molar-refractivity contribution in [3.8, 4) is 16.9 Å². The van der Waals surface area contributed by atoms with E-state index in [0.717, 1.165) is 73.3 Å². The van der Waals surface area contributed by atoms with Crippen molar-refractivity contribution in [2.24, 2.45) is 0 Å². The van der Waals surface area contributed by atoms with E-state index in [2.05, 4.69) is 39.2 Å². The first-order valence-corrected chi connectivity index (χ1v) is 12.1. The van der Waals surface area contributed by atoms with Crippen LogP contribution in [0.25, 0.3) is 27.7 Å². The number of pyridine rings is 2. The highest BCUT2D eigenvalue weighted by molar-refractivity contribution is 5.92. The molecule has 3 aromatic heterocycles. The summed E-state index contributed by atoms with van der Waals surface area (Å²) in [6, 6.07) is 11.8. The zero-order valence-electron chi connectivity index (χ0n) is 19.7. The minimum atomic E-state index is -0.454. The largest absolute Gasteiger partial charge is 0.464 e. The molecule has 2 aliphatic heterocycles. The summed E-state index contributed by atoms with van der Waals surface area (Å²) in [4.78, 5) is 20.7. The molecule has 4 aromatic rings. The minimum absolute atomic E-state index is 0.275. The predicted octanol–water partition coefficient (Wildman–Crippen LogP) is 3.81. The lowest BCUT2D eigenvalue weighted by molar-refractivity contribution is 0.0594. The van der Waals surface area contributed by atoms with Crippen LogP contribution < -0.4 is 5.32 Å². The van der Waals surface area contributed by atoms with Gasteiger partial charge in [0.15, 0.2) is 0 Å². The van der Waals surface area contributed by atoms with Gasteiger partial charge in [0.25, 0.3) is 0 Å². The Kier molecular flexibility index (Phi) is 5.75. The Balaban J connectivity index is 1.41. The molecule has 8 nitrogen and oxygen atoms in total. The van der Waals surface area contributed by atoms with Gasteiger partial charge in [0, 0.05) is 49.0 Å². The van der Waals surface area contributed by atoms with Gasteiger partial charge >= 0.3 is 5.97 Å². The number of hydrogen-bond donors (Lipinski definition) is 1. The fraction of sp³-hybridized carbons (Fsp3) is 0.333. The highest BCUT2D eigenvalue weighted by Crippen LogP contribution is 2.34. The lowest BCUT2D eigenvalue weighted by Gasteiger charge is -2.22. The zero-order valence-corrected chi connectivity index (χ0v) is 19.7. The smallest absolute Gasteiger partial charge is 0.356 e. The lowest BCUT2D eigenvalue weighted by atomic mass is 9.91. The molecule has 178 valence electrons. The summed E-state index contributed by atoms with van der Waals surface area (Å²) in [6.07, 6.45) is 6.62. The monoisotopic (exact) mass is 469 g/mol. The Hall–Kier alpha value is -3.62. The first-order chi connectivity index (χ1) is 17.2. The molecule has 1 aromatic carbocycles. The maximum Gasteiger partial charge on any atom is 0.356 e. The topological polar surface area (TPSA) is 91.2 Å². The molecule has 1 saturated heterocycles. The van der Waals surface area contributed by atoms with Crippen molar-refractivity contribution in [2.45, 2.75) is 31.7 Å². The van der Waals surface area contributed by atoms with E-state index in [9.17, 15) is 4.79 Å². The van der Waals surface area contributed by atoms with Crippen molar-refractivity contribution in [2.75, 3.05) is 26.9 Å². The van der Waals surface area contributed by atoms with Crippen molar-refractivity contribution in [1.29, 1.82) is 0 Å². The van der Waals surface area contributed by atoms with Crippen LogP contribution in [0.4, 0.5) is 0 Å². The van der Waals surface area contributed by atoms with Crippen LogP contribution in [-0.2, 0) is 22.4 Å². The maximum absolute atomic E-state index is 11.7. The molecule has 35 heavy (non-hydrogen) atoms. The average molecular weight is 470 g/mol. The first-order valence-electron chi connectivity index (χ1n) is 12.1. The SMILES string of the molecule is COC(=O)c1ccc(-c2cc3cccc(-n4nc(C5CCOCC5)c5c4CNCC5)c3cn2)cn1. The number of aromatic nitrogens is 4. The van der Waals surface area contributed by atoms with Gasteiger partial charge in [0.2, 0.25) is 0 Å². The molecule has 0 saturated carbocycles. The maximum atomic E-state index is 11.7. The van der Waals surface area contributed by atoms with Crippen LogP contribution in [0.3, 0.4) is 0 Å². The number of carbonyl (C=O) groups excluding carboxylic acids is 1. The Morgan fingerprint density at radius 1 is 1.14 bits per heavy atom. The molecule has 1 N–H and O–H groups in total. The number of fused-ring (bicyclic) bond motifs is 2. The molecule has 6 rings (SSSR count). The summed E-state index contributed by atoms with van der Waals surface area (Å²) in [6.45, 7) is 3.41. The molecule has 0 spiro atoms. The number of ether oxygens (including phenoxy) is 2. The third-order valence-corrected chi connectivity index (χ3v) is 7.00. The van der Waals surface area contributed by atoms with Crippen molar-refractivity contribution < 1.29 is 14.3 Å². The number of rotatable bonds is 4. The molecule has 1 fully saturated rings. The van der Waals surface area contributed by atoms with Crippen molar-refractivity contribution in [3.63, 3.8) is 0 Å². The Morgan fingerprint density at radius 3 is 2.83 bits per heavy atom. The van der Waals surface area contributed by atoms with Gasteiger partial charge in [-0.3, -0.25) is 4.98 Å². The number of nitrogens with one attached hydrogen (secondary N) is 1. The molecule has 0 amide bonds. The Labute approximate surface area is 203 Å². The number of carbonyl (C=O) groups is 1. The average Bonchev–Trinajstić information content (AvgIpc) is 3.32. The molecule has 0 unspecified atom stereocenters. The normalized spacial score (nSPS) is 16.3. The van der Waals surface area contributed by atoms with E-state index < -0.39 is 5.97 Å². The van der Waals surface area contributed by atoms with E-state index in [1.54, 1.807) is 12.3 Å². The molecular formula is C27H27N5O3. The van der Waals surface area contributed by atoms with E-state index in [4.69, 9.17) is 19.6 Å². The van der Waals surface area contributed by atoms with Crippen LogP contribution in [0.15, 0.2) is 48.8 Å². The standard InChI is InChI=1S/C27H27N5O3/c1-34-27(33)22-6-5-19(14-29-22)23-13-18-3-2-4-24(21(18)15-30-23)32-25-16-28-10-7-20(25)26(31-32)17-8-11-35-12-9-17/h2-6,13-15,17,28H,7-12,16H2,1H3. The summed E-state index contributed by atoms with van der Waals surface area (Å²) >= 11 is 0. The fourth-order valence-corrected chi connectivity index (χ4v) is 5.15. The number of nitrogens with zero attached hydrogens (tertiary/aromatic N) is 4. The molecule has 5 heterocycles. The summed E-state index contributed by atoms with van der Waals surface area (Å²) in [5, 5.41) is 10.8. The van der Waals surface area contributed by atoms with Crippen LogP contribution in [0, 0.1) is 0 Å². The van der Waals surface area contributed by atoms with E-state index in [1.807, 2.05) is 12.3 Å². The van der Waals surface area contributed by atoms with Crippen molar-refractivity contribution in [3.05, 3.63) is 71.4 Å². The van der Waals surface area contributed by atoms with Crippen molar-refractivity contribution >= 4 is 16.7 Å². The lowest BCUT2D eigenvalue weighted by Crippen LogP contribution is -2.25. The van der Waals surface area contributed by atoms with E-state index in [1.165, 1.54) is 24.1 Å². The molecule has 0 radical (unpaired) electrons. The summed E-state index contributed by atoms with van der Waals surface area (Å²) in [7, 11) is 1.35. The van der Waals surface area contributed by atoms with Gasteiger partial charge in [-0.25, -0.2) is 14.5 Å². The highest BCUT2D eigenvalue weighted by Gasteiger charge is 2.28. The van der Waals surface area contributed by atoms with Gasteiger partial charge in [-0.05, 0) is 61.0 Å². The summed E-state index contributed by atoms with van der Waals surface area (Å²) in [5.74, 6) is 0.00171. The second-order valence-corrected chi connectivity index (χ2v) is 9.03. The molecule has 0 aliphatic carbocycles. The summed E-state index contributed by atoms with van der Waals surface area (Å²) < 4.78 is 12.5. The third-order valence-electron chi connectivity index (χ3n) is 7.00. The van der Waals surface area contributed by atoms with Crippen LogP contribution in [0.2, 0.25) is 0 Å². The summed E-state index contributed by atoms with van der Waals surface area (Å²) in [5.41, 5.74) is 6.84. The van der Waals surface area contributed by atoms with E-state index in [-0.39, 0.29) is 5.69 Å². The number of hydrogen-bond acceptors (Lipinski definition) is 7. The van der Waals surface area contributed by atoms with Crippen LogP contribution in [0.1, 0.15) is 46.2 Å². The predicted molar refractivity (Wildman–Crippen MR) is 132 cm³/mol. The molecule has 0 bridgehead atoms. The second-order valence-electron chi connectivity index (χ2n) is 9.03. The second kappa shape index (κ2) is 9.20. The van der Waals surface area contributed by atoms with Gasteiger partial charge in [-0.15, -0.1) is 0 Å². The van der Waals surface area contributed by atoms with Crippen LogP contribution in [0.5, 0.6) is 0 Å². The van der Waals surface area contributed by atoms with Crippen LogP contribution >= 0.6 is 0 Å². The molecule has 0 atom stereocenters. The number of methoxy groups -OCH3 is 1. The minimum Gasteiger partial charge on any atom is -0.464 e. The molecular weight excluding hydrogens is 442 g/mol. The zero-order chi connectivity index (χ0) is 23.8. The quantitative estimate of drug-likeness (QED) is 0.455. The molecule has 8 heteroatoms. The van der Waals surface area contributed by atoms with Gasteiger partial charge in [0.05, 0.1) is 29.9 Å². The van der Waals surface area contributed by atoms with Gasteiger partial charge in [-0.1, -0.05) is 12.1 Å². The van der Waals surface area contributed by atoms with Crippen molar-refractivity contribution in [1.82, 2.24) is 25.1 Å². The van der Waals surface area contributed by atoms with E-state index >= 15 is 0 Å². The third kappa shape index (κ3) is 3.98. The Morgan fingerprint density at radius 2 is 2.03 bits per heavy atom. The number of esters is 1. The highest BCUT2D eigenvalue weighted by atomic mass is 16.5. The fourth-order valence-electron chi connectivity index (χ4n) is 5.15. The molecule has 2 aliphatic rings. The van der Waals surface area contributed by atoms with E-state index in [0.29, 0.717) is 5.92 Å². The van der Waals surface area contributed by atoms with Gasteiger partial charge in [-0.2, -0.15) is 5.10 Å². The first kappa shape index (κ1) is 21.9. The van der Waals surface area contributed by atoms with Gasteiger partial charge in [0.1, 0.15) is 5.69 Å².